The van der Waals surface area contributed by atoms with Gasteiger partial charge >= 0.3 is 0 Å². The Labute approximate surface area is 104 Å². The van der Waals surface area contributed by atoms with Crippen molar-refractivity contribution >= 4 is 33.3 Å². The van der Waals surface area contributed by atoms with Crippen LogP contribution in [0.3, 0.4) is 0 Å². The lowest BCUT2D eigenvalue weighted by molar-refractivity contribution is 0.963. The van der Waals surface area contributed by atoms with Crippen LogP contribution in [0.1, 0.15) is 12.7 Å². The predicted octanol–water partition coefficient (Wildman–Crippen LogP) is 4.00. The third-order valence-electron chi connectivity index (χ3n) is 2.91. The maximum absolute atomic E-state index is 6.19. The quantitative estimate of drug-likeness (QED) is 0.476. The fourth-order valence-corrected chi connectivity index (χ4v) is 2.28. The van der Waals surface area contributed by atoms with E-state index in [2.05, 4.69) is 28.2 Å². The molecule has 0 fully saturated rings. The highest BCUT2D eigenvalue weighted by atomic mass is 35.5. The topological polar surface area (TPSA) is 25.8 Å². The predicted molar refractivity (Wildman–Crippen MR) is 71.4 cm³/mol. The highest BCUT2D eigenvalue weighted by molar-refractivity contribution is 6.34. The molecule has 0 unspecified atom stereocenters. The van der Waals surface area contributed by atoms with E-state index in [1.165, 1.54) is 5.39 Å². The summed E-state index contributed by atoms with van der Waals surface area (Å²) >= 11 is 6.19. The fraction of sp³-hybridized carbons (Fsp3) is 0.143. The molecule has 0 atom stereocenters. The Morgan fingerprint density at radius 2 is 1.82 bits per heavy atom. The molecule has 0 aliphatic carbocycles. The van der Waals surface area contributed by atoms with Gasteiger partial charge in [-0.25, -0.2) is 9.97 Å². The maximum atomic E-state index is 6.19. The van der Waals surface area contributed by atoms with E-state index >= 15 is 0 Å². The number of hydrogen-bond acceptors (Lipinski definition) is 2. The Bertz CT molecular complexity index is 707. The molecule has 2 aromatic carbocycles. The van der Waals surface area contributed by atoms with Crippen LogP contribution in [0, 0.1) is 0 Å². The van der Waals surface area contributed by atoms with Crippen molar-refractivity contribution in [3.8, 4) is 0 Å². The number of rotatable bonds is 1. The Morgan fingerprint density at radius 1 is 1.00 bits per heavy atom. The van der Waals surface area contributed by atoms with Gasteiger partial charge in [-0.3, -0.25) is 0 Å². The molecule has 3 rings (SSSR count). The van der Waals surface area contributed by atoms with Gasteiger partial charge in [0, 0.05) is 17.2 Å². The van der Waals surface area contributed by atoms with Crippen LogP contribution >= 0.6 is 11.6 Å². The molecule has 1 heterocycles. The molecular weight excluding hydrogens is 232 g/mol. The molecular formula is C14H11ClN2. The van der Waals surface area contributed by atoms with Gasteiger partial charge in [0.1, 0.15) is 11.0 Å². The van der Waals surface area contributed by atoms with Crippen LogP contribution in [0.4, 0.5) is 0 Å². The lowest BCUT2D eigenvalue weighted by atomic mass is 10.1. The van der Waals surface area contributed by atoms with E-state index in [0.717, 1.165) is 28.5 Å². The number of aryl methyl sites for hydroxylation is 1. The Morgan fingerprint density at radius 3 is 2.65 bits per heavy atom. The standard InChI is InChI=1S/C14H11ClN2/c1-2-12-16-13-10-6-4-3-5-9(10)7-8-11(13)14(15)17-12/h3-8H,2H2,1H3. The van der Waals surface area contributed by atoms with Gasteiger partial charge in [-0.05, 0) is 11.5 Å². The van der Waals surface area contributed by atoms with Gasteiger partial charge in [-0.1, -0.05) is 48.9 Å². The molecule has 0 aliphatic heterocycles. The second-order valence-electron chi connectivity index (χ2n) is 3.97. The zero-order chi connectivity index (χ0) is 11.8. The minimum atomic E-state index is 0.539. The molecule has 84 valence electrons. The summed E-state index contributed by atoms with van der Waals surface area (Å²) in [7, 11) is 0. The molecule has 0 N–H and O–H groups in total. The van der Waals surface area contributed by atoms with Crippen molar-refractivity contribution in [1.29, 1.82) is 0 Å². The molecule has 1 aromatic heterocycles. The summed E-state index contributed by atoms with van der Waals surface area (Å²) < 4.78 is 0. The third kappa shape index (κ3) is 1.65. The zero-order valence-electron chi connectivity index (χ0n) is 9.44. The largest absolute Gasteiger partial charge is 0.232 e. The number of nitrogens with zero attached hydrogens (tertiary/aromatic N) is 2. The van der Waals surface area contributed by atoms with E-state index in [9.17, 15) is 0 Å². The summed E-state index contributed by atoms with van der Waals surface area (Å²) in [5.74, 6) is 0.791. The van der Waals surface area contributed by atoms with Crippen molar-refractivity contribution in [3.05, 3.63) is 47.4 Å². The molecule has 0 aliphatic rings. The van der Waals surface area contributed by atoms with E-state index < -0.39 is 0 Å². The van der Waals surface area contributed by atoms with Gasteiger partial charge in [0.05, 0.1) is 5.52 Å². The molecule has 3 aromatic rings. The number of halogens is 1. The summed E-state index contributed by atoms with van der Waals surface area (Å²) in [6.07, 6.45) is 0.791. The molecule has 0 radical (unpaired) electrons. The molecule has 0 bridgehead atoms. The average Bonchev–Trinajstić information content (AvgIpc) is 2.38. The van der Waals surface area contributed by atoms with Gasteiger partial charge < -0.3 is 0 Å². The smallest absolute Gasteiger partial charge is 0.140 e. The SMILES string of the molecule is CCc1nc(Cl)c2ccc3ccccc3c2n1. The second-order valence-corrected chi connectivity index (χ2v) is 4.33. The highest BCUT2D eigenvalue weighted by Gasteiger charge is 2.07. The average molecular weight is 243 g/mol. The monoisotopic (exact) mass is 242 g/mol. The molecule has 0 amide bonds. The minimum Gasteiger partial charge on any atom is -0.232 e. The van der Waals surface area contributed by atoms with Gasteiger partial charge in [0.25, 0.3) is 0 Å². The van der Waals surface area contributed by atoms with Crippen LogP contribution in [-0.2, 0) is 6.42 Å². The molecule has 17 heavy (non-hydrogen) atoms. The van der Waals surface area contributed by atoms with Crippen LogP contribution in [-0.4, -0.2) is 9.97 Å². The zero-order valence-corrected chi connectivity index (χ0v) is 10.2. The van der Waals surface area contributed by atoms with Crippen molar-refractivity contribution in [1.82, 2.24) is 9.97 Å². The molecule has 0 saturated heterocycles. The van der Waals surface area contributed by atoms with E-state index in [1.54, 1.807) is 0 Å². The Hall–Kier alpha value is -1.67. The first-order valence-corrected chi connectivity index (χ1v) is 6.01. The van der Waals surface area contributed by atoms with Gasteiger partial charge in [-0.2, -0.15) is 0 Å². The van der Waals surface area contributed by atoms with Gasteiger partial charge in [0.2, 0.25) is 0 Å². The first-order chi connectivity index (χ1) is 8.29. The normalized spacial score (nSPS) is 11.2. The molecule has 3 heteroatoms. The third-order valence-corrected chi connectivity index (χ3v) is 3.20. The summed E-state index contributed by atoms with van der Waals surface area (Å²) in [4.78, 5) is 8.87. The summed E-state index contributed by atoms with van der Waals surface area (Å²) in [5, 5.41) is 3.76. The maximum Gasteiger partial charge on any atom is 0.140 e. The number of aromatic nitrogens is 2. The molecule has 0 saturated carbocycles. The summed E-state index contributed by atoms with van der Waals surface area (Å²) in [5.41, 5.74) is 0.944. The summed E-state index contributed by atoms with van der Waals surface area (Å²) in [6.45, 7) is 2.03. The van der Waals surface area contributed by atoms with Crippen LogP contribution < -0.4 is 0 Å². The van der Waals surface area contributed by atoms with E-state index in [1.807, 2.05) is 25.1 Å². The van der Waals surface area contributed by atoms with Crippen LogP contribution in [0.5, 0.6) is 0 Å². The number of fused-ring (bicyclic) bond motifs is 3. The minimum absolute atomic E-state index is 0.539. The van der Waals surface area contributed by atoms with Gasteiger partial charge in [-0.15, -0.1) is 0 Å². The second kappa shape index (κ2) is 3.97. The molecule has 0 spiro atoms. The Balaban J connectivity index is 2.51. The molecule has 2 nitrogen and oxygen atoms in total. The van der Waals surface area contributed by atoms with E-state index in [4.69, 9.17) is 11.6 Å². The van der Waals surface area contributed by atoms with Crippen molar-refractivity contribution in [2.24, 2.45) is 0 Å². The van der Waals surface area contributed by atoms with Crippen molar-refractivity contribution < 1.29 is 0 Å². The van der Waals surface area contributed by atoms with Crippen molar-refractivity contribution in [3.63, 3.8) is 0 Å². The van der Waals surface area contributed by atoms with Crippen LogP contribution in [0.15, 0.2) is 36.4 Å². The number of benzene rings is 2. The fourth-order valence-electron chi connectivity index (χ4n) is 2.03. The lowest BCUT2D eigenvalue weighted by Gasteiger charge is -2.06. The lowest BCUT2D eigenvalue weighted by Crippen LogP contribution is -1.95. The van der Waals surface area contributed by atoms with Crippen LogP contribution in [0.2, 0.25) is 5.15 Å². The van der Waals surface area contributed by atoms with Crippen molar-refractivity contribution in [2.45, 2.75) is 13.3 Å². The van der Waals surface area contributed by atoms with E-state index in [0.29, 0.717) is 5.15 Å². The van der Waals surface area contributed by atoms with E-state index in [-0.39, 0.29) is 0 Å². The highest BCUT2D eigenvalue weighted by Crippen LogP contribution is 2.27. The Kier molecular flexibility index (Phi) is 2.45. The first-order valence-electron chi connectivity index (χ1n) is 5.63. The number of hydrogen-bond donors (Lipinski definition) is 0. The van der Waals surface area contributed by atoms with Crippen molar-refractivity contribution in [2.75, 3.05) is 0 Å². The van der Waals surface area contributed by atoms with Crippen LogP contribution in [0.25, 0.3) is 21.7 Å². The van der Waals surface area contributed by atoms with Gasteiger partial charge in [0.15, 0.2) is 0 Å². The first kappa shape index (κ1) is 10.5. The summed E-state index contributed by atoms with van der Waals surface area (Å²) in [6, 6.07) is 12.2.